The molecule has 0 spiro atoms. The molecule has 2 aliphatic rings. The number of nitrogens with one attached hydrogen (secondary N) is 3. The van der Waals surface area contributed by atoms with Gasteiger partial charge in [-0.05, 0) is 49.1 Å². The number of halogens is 1. The van der Waals surface area contributed by atoms with Crippen LogP contribution in [0.15, 0.2) is 52.1 Å². The van der Waals surface area contributed by atoms with Crippen molar-refractivity contribution in [1.82, 2.24) is 20.9 Å². The summed E-state index contributed by atoms with van der Waals surface area (Å²) in [5.74, 6) is 1.43. The number of furan rings is 1. The molecule has 1 atom stereocenters. The van der Waals surface area contributed by atoms with Gasteiger partial charge in [0.05, 0.1) is 12.8 Å². The van der Waals surface area contributed by atoms with Crippen LogP contribution in [-0.2, 0) is 13.1 Å². The van der Waals surface area contributed by atoms with E-state index in [1.165, 1.54) is 32.2 Å². The molecule has 1 saturated heterocycles. The van der Waals surface area contributed by atoms with Gasteiger partial charge in [-0.3, -0.25) is 14.7 Å². The van der Waals surface area contributed by atoms with Gasteiger partial charge in [0, 0.05) is 44.3 Å². The summed E-state index contributed by atoms with van der Waals surface area (Å²) in [6.45, 7) is 3.26. The van der Waals surface area contributed by atoms with E-state index in [4.69, 9.17) is 4.42 Å². The van der Waals surface area contributed by atoms with Crippen molar-refractivity contribution in [1.29, 1.82) is 0 Å². The van der Waals surface area contributed by atoms with Gasteiger partial charge in [-0.25, -0.2) is 0 Å². The SMILES string of the molecule is CN=C(NCc1cccc(C(=O)NCc2ccco2)c1)NC1CCN(C2CCCC2)C1.I. The second-order valence-corrected chi connectivity index (χ2v) is 8.45. The fourth-order valence-electron chi connectivity index (χ4n) is 4.59. The molecule has 1 aliphatic carbocycles. The van der Waals surface area contributed by atoms with Crippen molar-refractivity contribution in [3.8, 4) is 0 Å². The topological polar surface area (TPSA) is 81.9 Å². The summed E-state index contributed by atoms with van der Waals surface area (Å²) in [4.78, 5) is 19.5. The first-order chi connectivity index (χ1) is 15.2. The summed E-state index contributed by atoms with van der Waals surface area (Å²) in [5.41, 5.74) is 1.67. The number of benzene rings is 1. The predicted molar refractivity (Wildman–Crippen MR) is 137 cm³/mol. The third-order valence-corrected chi connectivity index (χ3v) is 6.28. The Hall–Kier alpha value is -2.07. The Balaban J connectivity index is 0.00000289. The summed E-state index contributed by atoms with van der Waals surface area (Å²) in [6, 6.07) is 12.5. The average Bonchev–Trinajstić information content (AvgIpc) is 3.57. The summed E-state index contributed by atoms with van der Waals surface area (Å²) in [6.07, 6.45) is 8.22. The third-order valence-electron chi connectivity index (χ3n) is 6.28. The molecule has 0 bridgehead atoms. The number of hydrogen-bond donors (Lipinski definition) is 3. The summed E-state index contributed by atoms with van der Waals surface area (Å²) >= 11 is 0. The maximum atomic E-state index is 12.4. The number of guanidine groups is 1. The van der Waals surface area contributed by atoms with Crippen LogP contribution in [0.3, 0.4) is 0 Å². The minimum Gasteiger partial charge on any atom is -0.467 e. The van der Waals surface area contributed by atoms with Gasteiger partial charge in [0.2, 0.25) is 0 Å². The smallest absolute Gasteiger partial charge is 0.251 e. The van der Waals surface area contributed by atoms with Gasteiger partial charge in [-0.2, -0.15) is 0 Å². The van der Waals surface area contributed by atoms with E-state index in [0.29, 0.717) is 24.7 Å². The highest BCUT2D eigenvalue weighted by molar-refractivity contribution is 14.0. The molecule has 0 radical (unpaired) electrons. The van der Waals surface area contributed by atoms with Crippen LogP contribution in [0.5, 0.6) is 0 Å². The Kier molecular flexibility index (Phi) is 9.40. The first kappa shape index (κ1) is 24.6. The van der Waals surface area contributed by atoms with Crippen LogP contribution < -0.4 is 16.0 Å². The van der Waals surface area contributed by atoms with Gasteiger partial charge in [-0.15, -0.1) is 24.0 Å². The zero-order valence-corrected chi connectivity index (χ0v) is 21.0. The highest BCUT2D eigenvalue weighted by Gasteiger charge is 2.30. The maximum absolute atomic E-state index is 12.4. The van der Waals surface area contributed by atoms with Crippen molar-refractivity contribution >= 4 is 35.8 Å². The van der Waals surface area contributed by atoms with E-state index < -0.39 is 0 Å². The quantitative estimate of drug-likeness (QED) is 0.279. The lowest BCUT2D eigenvalue weighted by Gasteiger charge is -2.24. The number of likely N-dealkylation sites (tertiary alicyclic amines) is 1. The van der Waals surface area contributed by atoms with Crippen LogP contribution in [0.4, 0.5) is 0 Å². The van der Waals surface area contributed by atoms with E-state index in [1.807, 2.05) is 36.4 Å². The van der Waals surface area contributed by atoms with Crippen molar-refractivity contribution in [3.05, 3.63) is 59.5 Å². The van der Waals surface area contributed by atoms with Crippen LogP contribution in [0.25, 0.3) is 0 Å². The standard InChI is InChI=1S/C24H33N5O2.HI/c1-25-24(28-20-11-12-29(17-20)21-8-2-3-9-21)27-15-18-6-4-7-19(14-18)23(30)26-16-22-10-5-13-31-22;/h4-7,10,13-14,20-21H,2-3,8-9,11-12,15-17H2,1H3,(H,26,30)(H2,25,27,28);1H. The normalized spacial score (nSPS) is 19.5. The van der Waals surface area contributed by atoms with E-state index in [9.17, 15) is 4.79 Å². The molecule has 4 rings (SSSR count). The van der Waals surface area contributed by atoms with Crippen LogP contribution >= 0.6 is 24.0 Å². The van der Waals surface area contributed by atoms with Gasteiger partial charge >= 0.3 is 0 Å². The van der Waals surface area contributed by atoms with Crippen molar-refractivity contribution in [2.75, 3.05) is 20.1 Å². The van der Waals surface area contributed by atoms with Crippen LogP contribution in [0.2, 0.25) is 0 Å². The van der Waals surface area contributed by atoms with E-state index in [2.05, 4.69) is 25.8 Å². The molecule has 1 saturated carbocycles. The zero-order chi connectivity index (χ0) is 21.5. The van der Waals surface area contributed by atoms with E-state index in [0.717, 1.165) is 36.3 Å². The maximum Gasteiger partial charge on any atom is 0.251 e. The molecule has 1 aromatic heterocycles. The van der Waals surface area contributed by atoms with Gasteiger partial charge in [0.1, 0.15) is 5.76 Å². The Morgan fingerprint density at radius 1 is 1.12 bits per heavy atom. The Bertz CT molecular complexity index is 880. The Morgan fingerprint density at radius 3 is 2.72 bits per heavy atom. The lowest BCUT2D eigenvalue weighted by atomic mass is 10.1. The van der Waals surface area contributed by atoms with Gasteiger partial charge in [0.15, 0.2) is 5.96 Å². The van der Waals surface area contributed by atoms with Crippen molar-refractivity contribution < 1.29 is 9.21 Å². The summed E-state index contributed by atoms with van der Waals surface area (Å²) < 4.78 is 5.26. The molecule has 1 unspecified atom stereocenters. The second kappa shape index (κ2) is 12.2. The molecule has 32 heavy (non-hydrogen) atoms. The number of hydrogen-bond acceptors (Lipinski definition) is 4. The highest BCUT2D eigenvalue weighted by atomic mass is 127. The minimum absolute atomic E-state index is 0. The molecule has 174 valence electrons. The number of carbonyl (C=O) groups excluding carboxylic acids is 1. The average molecular weight is 551 g/mol. The minimum atomic E-state index is -0.112. The number of carbonyl (C=O) groups is 1. The monoisotopic (exact) mass is 551 g/mol. The highest BCUT2D eigenvalue weighted by Crippen LogP contribution is 2.26. The first-order valence-corrected chi connectivity index (χ1v) is 11.3. The molecule has 8 heteroatoms. The lowest BCUT2D eigenvalue weighted by molar-refractivity contribution is 0.0948. The fourth-order valence-corrected chi connectivity index (χ4v) is 4.59. The van der Waals surface area contributed by atoms with Crippen molar-refractivity contribution in [3.63, 3.8) is 0 Å². The number of rotatable bonds is 7. The molecule has 2 fully saturated rings. The summed E-state index contributed by atoms with van der Waals surface area (Å²) in [5, 5.41) is 9.85. The number of aliphatic imine (C=N–C) groups is 1. The fraction of sp³-hybridized carbons (Fsp3) is 0.500. The van der Waals surface area contributed by atoms with Crippen LogP contribution in [0, 0.1) is 0 Å². The third kappa shape index (κ3) is 6.71. The van der Waals surface area contributed by atoms with E-state index in [1.54, 1.807) is 13.3 Å². The Labute approximate surface area is 207 Å². The lowest BCUT2D eigenvalue weighted by Crippen LogP contribution is -2.45. The van der Waals surface area contributed by atoms with Gasteiger partial charge in [0.25, 0.3) is 5.91 Å². The van der Waals surface area contributed by atoms with E-state index in [-0.39, 0.29) is 29.9 Å². The molecule has 2 heterocycles. The number of amides is 1. The molecule has 3 N–H and O–H groups in total. The van der Waals surface area contributed by atoms with Crippen LogP contribution in [-0.4, -0.2) is 49.0 Å². The largest absolute Gasteiger partial charge is 0.467 e. The van der Waals surface area contributed by atoms with Gasteiger partial charge in [-0.1, -0.05) is 25.0 Å². The molecule has 7 nitrogen and oxygen atoms in total. The molecular formula is C24H34IN5O2. The van der Waals surface area contributed by atoms with Crippen molar-refractivity contribution in [2.24, 2.45) is 4.99 Å². The van der Waals surface area contributed by atoms with Gasteiger partial charge < -0.3 is 20.4 Å². The zero-order valence-electron chi connectivity index (χ0n) is 18.7. The van der Waals surface area contributed by atoms with Crippen molar-refractivity contribution in [2.45, 2.75) is 57.3 Å². The summed E-state index contributed by atoms with van der Waals surface area (Å²) in [7, 11) is 1.80. The second-order valence-electron chi connectivity index (χ2n) is 8.45. The predicted octanol–water partition coefficient (Wildman–Crippen LogP) is 3.51. The Morgan fingerprint density at radius 2 is 1.97 bits per heavy atom. The number of nitrogens with zero attached hydrogens (tertiary/aromatic N) is 2. The first-order valence-electron chi connectivity index (χ1n) is 11.3. The molecule has 1 amide bonds. The molecule has 1 aromatic carbocycles. The van der Waals surface area contributed by atoms with E-state index >= 15 is 0 Å². The molecule has 2 aromatic rings. The van der Waals surface area contributed by atoms with Crippen LogP contribution in [0.1, 0.15) is 53.8 Å². The molecular weight excluding hydrogens is 517 g/mol. The molecule has 1 aliphatic heterocycles.